The number of nitriles is 2. The van der Waals surface area contributed by atoms with Gasteiger partial charge in [0.1, 0.15) is 48.0 Å². The van der Waals surface area contributed by atoms with Crippen molar-refractivity contribution >= 4 is 0 Å². The highest BCUT2D eigenvalue weighted by Crippen LogP contribution is 2.44. The van der Waals surface area contributed by atoms with Gasteiger partial charge >= 0.3 is 0 Å². The second-order valence-corrected chi connectivity index (χ2v) is 9.83. The summed E-state index contributed by atoms with van der Waals surface area (Å²) in [4.78, 5) is 0. The van der Waals surface area contributed by atoms with Crippen molar-refractivity contribution in [3.8, 4) is 35.4 Å². The fourth-order valence-corrected chi connectivity index (χ4v) is 5.35. The lowest BCUT2D eigenvalue weighted by atomic mass is 9.84. The van der Waals surface area contributed by atoms with Crippen LogP contribution in [0.1, 0.15) is 45.5 Å². The molecule has 0 saturated heterocycles. The summed E-state index contributed by atoms with van der Waals surface area (Å²) in [6, 6.07) is 19.3. The molecule has 2 aromatic carbocycles. The van der Waals surface area contributed by atoms with Gasteiger partial charge in [0.2, 0.25) is 23.5 Å². The standard InChI is InChI=1S/C30H26N8O4/c1-15-23-25(21(13-31)27(33)41-29(23)37-35-15)17-5-3-7-19(11-17)39-9-10-40-20-8-4-6-18(12-20)26-22(14-32)28(34)42-30-24(26)16(2)36-38-30/h3-8,11-12,25-26H,9-10,33-34H2,1-2H3,(H,35,37)(H,36,38). The molecule has 2 aliphatic rings. The third-order valence-electron chi connectivity index (χ3n) is 7.26. The zero-order valence-corrected chi connectivity index (χ0v) is 22.8. The summed E-state index contributed by atoms with van der Waals surface area (Å²) in [6.07, 6.45) is 0. The van der Waals surface area contributed by atoms with E-state index in [1.807, 2.05) is 62.4 Å². The van der Waals surface area contributed by atoms with Gasteiger partial charge in [-0.05, 0) is 49.2 Å². The Morgan fingerprint density at radius 3 is 1.60 bits per heavy atom. The molecule has 2 atom stereocenters. The number of hydrogen-bond donors (Lipinski definition) is 4. The number of rotatable bonds is 7. The minimum Gasteiger partial charge on any atom is -0.490 e. The molecule has 0 spiro atoms. The van der Waals surface area contributed by atoms with E-state index in [0.717, 1.165) is 33.6 Å². The normalized spacial score (nSPS) is 17.3. The quantitative estimate of drug-likeness (QED) is 0.242. The van der Waals surface area contributed by atoms with Crippen LogP contribution in [0.15, 0.2) is 71.4 Å². The molecular formula is C30H26N8O4. The van der Waals surface area contributed by atoms with E-state index >= 15 is 0 Å². The maximum Gasteiger partial charge on any atom is 0.244 e. The van der Waals surface area contributed by atoms with Gasteiger partial charge in [-0.3, -0.25) is 10.2 Å². The molecule has 210 valence electrons. The minimum atomic E-state index is -0.439. The molecule has 4 heterocycles. The molecule has 0 saturated carbocycles. The Balaban J connectivity index is 1.16. The fourth-order valence-electron chi connectivity index (χ4n) is 5.35. The van der Waals surface area contributed by atoms with Crippen LogP contribution in [0, 0.1) is 36.5 Å². The Morgan fingerprint density at radius 2 is 1.19 bits per heavy atom. The van der Waals surface area contributed by atoms with E-state index in [9.17, 15) is 10.5 Å². The number of aromatic amines is 2. The number of aromatic nitrogens is 4. The van der Waals surface area contributed by atoms with Crippen molar-refractivity contribution in [2.75, 3.05) is 13.2 Å². The largest absolute Gasteiger partial charge is 0.490 e. The number of nitrogens with zero attached hydrogens (tertiary/aromatic N) is 4. The number of hydrogen-bond acceptors (Lipinski definition) is 10. The first-order valence-electron chi connectivity index (χ1n) is 13.1. The zero-order valence-electron chi connectivity index (χ0n) is 22.8. The van der Waals surface area contributed by atoms with Crippen molar-refractivity contribution in [1.82, 2.24) is 20.4 Å². The lowest BCUT2D eigenvalue weighted by molar-refractivity contribution is 0.217. The smallest absolute Gasteiger partial charge is 0.244 e. The van der Waals surface area contributed by atoms with Crippen molar-refractivity contribution in [2.45, 2.75) is 25.7 Å². The van der Waals surface area contributed by atoms with Crippen LogP contribution in [0.25, 0.3) is 0 Å². The van der Waals surface area contributed by atoms with Crippen LogP contribution in [0.3, 0.4) is 0 Å². The summed E-state index contributed by atoms with van der Waals surface area (Å²) in [7, 11) is 0. The fraction of sp³-hybridized carbons (Fsp3) is 0.200. The highest BCUT2D eigenvalue weighted by atomic mass is 16.5. The Labute approximate surface area is 240 Å². The molecule has 4 aromatic rings. The van der Waals surface area contributed by atoms with Crippen molar-refractivity contribution in [1.29, 1.82) is 10.5 Å². The van der Waals surface area contributed by atoms with Gasteiger partial charge in [0.25, 0.3) is 0 Å². The van der Waals surface area contributed by atoms with Crippen molar-refractivity contribution in [3.05, 3.63) is 105 Å². The Hall–Kier alpha value is -5.88. The number of nitrogens with one attached hydrogen (secondary N) is 2. The van der Waals surface area contributed by atoms with Gasteiger partial charge in [0, 0.05) is 22.5 Å². The minimum absolute atomic E-state index is 0.0310. The van der Waals surface area contributed by atoms with E-state index in [2.05, 4.69) is 32.5 Å². The summed E-state index contributed by atoms with van der Waals surface area (Å²) in [5, 5.41) is 33.8. The highest BCUT2D eigenvalue weighted by molar-refractivity contribution is 5.57. The topological polar surface area (TPSA) is 194 Å². The second kappa shape index (κ2) is 10.6. The van der Waals surface area contributed by atoms with E-state index in [4.69, 9.17) is 30.4 Å². The Bertz CT molecular complexity index is 1700. The number of ether oxygens (including phenoxy) is 4. The molecule has 0 radical (unpaired) electrons. The van der Waals surface area contributed by atoms with E-state index in [1.165, 1.54) is 0 Å². The first kappa shape index (κ1) is 26.3. The summed E-state index contributed by atoms with van der Waals surface area (Å²) in [6.45, 7) is 4.27. The zero-order chi connectivity index (χ0) is 29.4. The molecule has 0 bridgehead atoms. The summed E-state index contributed by atoms with van der Waals surface area (Å²) in [5.74, 6) is 1.12. The number of H-pyrrole nitrogens is 2. The molecule has 0 amide bonds. The predicted molar refractivity (Wildman–Crippen MR) is 149 cm³/mol. The van der Waals surface area contributed by atoms with Crippen LogP contribution in [-0.4, -0.2) is 33.6 Å². The van der Waals surface area contributed by atoms with E-state index in [-0.39, 0.29) is 25.0 Å². The first-order chi connectivity index (χ1) is 20.4. The SMILES string of the molecule is Cc1[nH]nc2c1C(c1cccc(OCCOc3cccc(C4C(C#N)=C(N)Oc5n[nH]c(C)c54)c3)c1)C(C#N)=C(N)O2. The van der Waals surface area contributed by atoms with Gasteiger partial charge in [-0.15, -0.1) is 10.2 Å². The van der Waals surface area contributed by atoms with Gasteiger partial charge in [-0.1, -0.05) is 24.3 Å². The first-order valence-corrected chi connectivity index (χ1v) is 13.1. The second-order valence-electron chi connectivity index (χ2n) is 9.83. The van der Waals surface area contributed by atoms with Crippen molar-refractivity contribution in [3.63, 3.8) is 0 Å². The van der Waals surface area contributed by atoms with Crippen LogP contribution < -0.4 is 30.4 Å². The van der Waals surface area contributed by atoms with Crippen LogP contribution in [0.2, 0.25) is 0 Å². The molecule has 2 aromatic heterocycles. The molecule has 12 nitrogen and oxygen atoms in total. The average molecular weight is 563 g/mol. The molecule has 12 heteroatoms. The summed E-state index contributed by atoms with van der Waals surface area (Å²) >= 11 is 0. The van der Waals surface area contributed by atoms with Gasteiger partial charge < -0.3 is 30.4 Å². The highest BCUT2D eigenvalue weighted by Gasteiger charge is 2.35. The molecular weight excluding hydrogens is 536 g/mol. The molecule has 6 rings (SSSR count). The predicted octanol–water partition coefficient (Wildman–Crippen LogP) is 3.64. The maximum atomic E-state index is 9.81. The van der Waals surface area contributed by atoms with Gasteiger partial charge in [-0.2, -0.15) is 10.5 Å². The lowest BCUT2D eigenvalue weighted by Crippen LogP contribution is -2.21. The van der Waals surface area contributed by atoms with Gasteiger partial charge in [0.05, 0.1) is 11.8 Å². The number of nitrogens with two attached hydrogens (primary N) is 2. The maximum absolute atomic E-state index is 9.81. The molecule has 6 N–H and O–H groups in total. The third kappa shape index (κ3) is 4.51. The average Bonchev–Trinajstić information content (AvgIpc) is 3.55. The van der Waals surface area contributed by atoms with E-state index < -0.39 is 11.8 Å². The summed E-state index contributed by atoms with van der Waals surface area (Å²) in [5.41, 5.74) is 17.4. The Morgan fingerprint density at radius 1 is 0.762 bits per heavy atom. The summed E-state index contributed by atoms with van der Waals surface area (Å²) < 4.78 is 23.1. The molecule has 0 fully saturated rings. The van der Waals surface area contributed by atoms with Crippen LogP contribution in [0.5, 0.6) is 23.3 Å². The number of allylic oxidation sites excluding steroid dienone is 2. The molecule has 0 aliphatic carbocycles. The van der Waals surface area contributed by atoms with Gasteiger partial charge in [-0.25, -0.2) is 0 Å². The van der Waals surface area contributed by atoms with Crippen LogP contribution in [-0.2, 0) is 0 Å². The van der Waals surface area contributed by atoms with Crippen molar-refractivity contribution in [2.24, 2.45) is 11.5 Å². The lowest BCUT2D eigenvalue weighted by Gasteiger charge is -2.24. The van der Waals surface area contributed by atoms with Gasteiger partial charge in [0.15, 0.2) is 0 Å². The Kier molecular flexibility index (Phi) is 6.65. The third-order valence-corrected chi connectivity index (χ3v) is 7.26. The number of fused-ring (bicyclic) bond motifs is 2. The van der Waals surface area contributed by atoms with Crippen molar-refractivity contribution < 1.29 is 18.9 Å². The number of benzene rings is 2. The number of aryl methyl sites for hydroxylation is 2. The monoisotopic (exact) mass is 562 g/mol. The van der Waals surface area contributed by atoms with Crippen LogP contribution in [0.4, 0.5) is 0 Å². The molecule has 2 unspecified atom stereocenters. The molecule has 42 heavy (non-hydrogen) atoms. The molecule has 2 aliphatic heterocycles. The van der Waals surface area contributed by atoms with Crippen LogP contribution >= 0.6 is 0 Å². The van der Waals surface area contributed by atoms with E-state index in [1.54, 1.807) is 0 Å². The van der Waals surface area contributed by atoms with E-state index in [0.29, 0.717) is 34.4 Å².